The van der Waals surface area contributed by atoms with Gasteiger partial charge in [0.25, 0.3) is 5.91 Å². The minimum Gasteiger partial charge on any atom is -0.321 e. The molecule has 0 bridgehead atoms. The topological polar surface area (TPSA) is 90.2 Å². The minimum absolute atomic E-state index is 0.0980. The van der Waals surface area contributed by atoms with Crippen molar-refractivity contribution < 1.29 is 13.2 Å². The molecule has 4 rings (SSSR count). The number of anilines is 1. The second kappa shape index (κ2) is 9.78. The molecule has 1 aliphatic rings. The summed E-state index contributed by atoms with van der Waals surface area (Å²) in [5, 5.41) is 2.38. The van der Waals surface area contributed by atoms with Gasteiger partial charge < -0.3 is 5.32 Å². The molecule has 1 saturated carbocycles. The highest BCUT2D eigenvalue weighted by atomic mass is 32.2. The summed E-state index contributed by atoms with van der Waals surface area (Å²) < 4.78 is 30.7. The van der Waals surface area contributed by atoms with Crippen LogP contribution in [-0.2, 0) is 29.3 Å². The van der Waals surface area contributed by atoms with Gasteiger partial charge in [-0.25, -0.2) is 13.2 Å². The fourth-order valence-corrected chi connectivity index (χ4v) is 6.93. The molecule has 7 nitrogen and oxygen atoms in total. The Morgan fingerprint density at radius 3 is 2.09 bits per heavy atom. The quantitative estimate of drug-likeness (QED) is 0.524. The zero-order valence-corrected chi connectivity index (χ0v) is 21.0. The van der Waals surface area contributed by atoms with E-state index in [-0.39, 0.29) is 22.2 Å². The summed E-state index contributed by atoms with van der Waals surface area (Å²) in [6.45, 7) is 6.67. The number of aryl methyl sites for hydroxylation is 3. The molecule has 0 spiro atoms. The lowest BCUT2D eigenvalue weighted by Gasteiger charge is -2.23. The Kier molecular flexibility index (Phi) is 6.98. The van der Waals surface area contributed by atoms with Crippen LogP contribution < -0.4 is 11.0 Å². The Hall–Kier alpha value is -2.87. The zero-order valence-electron chi connectivity index (χ0n) is 20.1. The number of rotatable bonds is 7. The van der Waals surface area contributed by atoms with Gasteiger partial charge in [-0.05, 0) is 62.9 Å². The number of hydrogen-bond donors (Lipinski definition) is 1. The van der Waals surface area contributed by atoms with Gasteiger partial charge in [0.15, 0.2) is 9.84 Å². The average molecular weight is 484 g/mol. The number of carbonyl (C=O) groups is 1. The molecular formula is C26H33N3O4S. The highest BCUT2D eigenvalue weighted by Gasteiger charge is 2.32. The number of aromatic nitrogens is 2. The van der Waals surface area contributed by atoms with Gasteiger partial charge in [-0.2, -0.15) is 0 Å². The average Bonchev–Trinajstić information content (AvgIpc) is 3.13. The summed E-state index contributed by atoms with van der Waals surface area (Å²) >= 11 is 0. The van der Waals surface area contributed by atoms with Crippen molar-refractivity contribution in [2.24, 2.45) is 0 Å². The largest absolute Gasteiger partial charge is 0.329 e. The maximum absolute atomic E-state index is 13.8. The number of imidazole rings is 1. The summed E-state index contributed by atoms with van der Waals surface area (Å²) in [7, 11) is -3.70. The van der Waals surface area contributed by atoms with E-state index in [1.165, 1.54) is 0 Å². The molecule has 34 heavy (non-hydrogen) atoms. The summed E-state index contributed by atoms with van der Waals surface area (Å²) in [6.07, 6.45) is 4.89. The molecule has 1 fully saturated rings. The summed E-state index contributed by atoms with van der Waals surface area (Å²) in [4.78, 5) is 26.1. The number of carbonyl (C=O) groups excluding carboxylic acids is 1. The second-order valence-electron chi connectivity index (χ2n) is 8.92. The van der Waals surface area contributed by atoms with Crippen molar-refractivity contribution in [1.82, 2.24) is 9.13 Å². The zero-order chi connectivity index (χ0) is 24.5. The van der Waals surface area contributed by atoms with Crippen molar-refractivity contribution in [1.29, 1.82) is 0 Å². The van der Waals surface area contributed by atoms with E-state index in [9.17, 15) is 18.0 Å². The first-order valence-corrected chi connectivity index (χ1v) is 13.8. The number of hydrogen-bond acceptors (Lipinski definition) is 4. The number of benzene rings is 2. The molecular weight excluding hydrogens is 450 g/mol. The van der Waals surface area contributed by atoms with Crippen molar-refractivity contribution in [2.75, 3.05) is 5.32 Å². The Morgan fingerprint density at radius 2 is 1.53 bits per heavy atom. The molecule has 1 aromatic heterocycles. The van der Waals surface area contributed by atoms with Crippen molar-refractivity contribution >= 4 is 32.5 Å². The lowest BCUT2D eigenvalue weighted by atomic mass is 10.0. The number of amides is 1. The van der Waals surface area contributed by atoms with Crippen LogP contribution in [0.1, 0.15) is 68.8 Å². The second-order valence-corrected chi connectivity index (χ2v) is 11.1. The van der Waals surface area contributed by atoms with Crippen LogP contribution >= 0.6 is 0 Å². The standard InChI is InChI=1S/C26H33N3O4S/c1-4-18-12-14-19(15-13-18)25(30)27-21-16-22-23(29(6-3)26(31)28(22)5-2)17-24(21)34(32,33)20-10-8-7-9-11-20/h12-17,20H,4-11H2,1-3H3,(H,27,30). The predicted molar refractivity (Wildman–Crippen MR) is 135 cm³/mol. The Labute approximate surface area is 200 Å². The first-order chi connectivity index (χ1) is 16.3. The van der Waals surface area contributed by atoms with Crippen molar-refractivity contribution in [3.05, 3.63) is 58.0 Å². The van der Waals surface area contributed by atoms with E-state index >= 15 is 0 Å². The first-order valence-electron chi connectivity index (χ1n) is 12.2. The SMILES string of the molecule is CCc1ccc(C(=O)Nc2cc3c(cc2S(=O)(=O)C2CCCCC2)n(CC)c(=O)n3CC)cc1. The number of nitrogens with zero attached hydrogens (tertiary/aromatic N) is 2. The number of sulfone groups is 1. The molecule has 1 aliphatic carbocycles. The van der Waals surface area contributed by atoms with Crippen LogP contribution in [0.15, 0.2) is 46.1 Å². The molecule has 1 heterocycles. The highest BCUT2D eigenvalue weighted by molar-refractivity contribution is 7.92. The van der Waals surface area contributed by atoms with Crippen LogP contribution in [0.25, 0.3) is 11.0 Å². The molecule has 8 heteroatoms. The third-order valence-electron chi connectivity index (χ3n) is 6.92. The fraction of sp³-hybridized carbons (Fsp3) is 0.462. The molecule has 182 valence electrons. The van der Waals surface area contributed by atoms with E-state index in [4.69, 9.17) is 0 Å². The summed E-state index contributed by atoms with van der Waals surface area (Å²) in [5.41, 5.74) is 2.82. The van der Waals surface area contributed by atoms with Gasteiger partial charge >= 0.3 is 5.69 Å². The van der Waals surface area contributed by atoms with Gasteiger partial charge in [0.2, 0.25) is 0 Å². The van der Waals surface area contributed by atoms with Crippen LogP contribution in [0.4, 0.5) is 5.69 Å². The minimum atomic E-state index is -3.70. The normalized spacial score (nSPS) is 15.0. The van der Waals surface area contributed by atoms with Crippen molar-refractivity contribution in [3.8, 4) is 0 Å². The van der Waals surface area contributed by atoms with E-state index in [0.717, 1.165) is 31.2 Å². The monoisotopic (exact) mass is 483 g/mol. The van der Waals surface area contributed by atoms with Crippen molar-refractivity contribution in [3.63, 3.8) is 0 Å². The Bertz CT molecular complexity index is 1360. The number of fused-ring (bicyclic) bond motifs is 1. The molecule has 0 aliphatic heterocycles. The fourth-order valence-electron chi connectivity index (χ4n) is 4.93. The maximum Gasteiger partial charge on any atom is 0.329 e. The van der Waals surface area contributed by atoms with Gasteiger partial charge in [0.05, 0.1) is 26.9 Å². The molecule has 1 N–H and O–H groups in total. The molecule has 3 aromatic rings. The summed E-state index contributed by atoms with van der Waals surface area (Å²) in [6, 6.07) is 10.5. The molecule has 2 aromatic carbocycles. The Morgan fingerprint density at radius 1 is 0.941 bits per heavy atom. The highest BCUT2D eigenvalue weighted by Crippen LogP contribution is 2.35. The molecule has 0 unspecified atom stereocenters. The van der Waals surface area contributed by atoms with Gasteiger partial charge in [-0.15, -0.1) is 0 Å². The van der Waals surface area contributed by atoms with Crippen LogP contribution in [0.2, 0.25) is 0 Å². The van der Waals surface area contributed by atoms with Crippen LogP contribution in [0.3, 0.4) is 0 Å². The van der Waals surface area contributed by atoms with Crippen LogP contribution in [0, 0.1) is 0 Å². The van der Waals surface area contributed by atoms with Gasteiger partial charge in [0, 0.05) is 18.7 Å². The van der Waals surface area contributed by atoms with Crippen molar-refractivity contribution in [2.45, 2.75) is 82.5 Å². The Balaban J connectivity index is 1.87. The predicted octanol–water partition coefficient (Wildman–Crippen LogP) is 4.76. The lowest BCUT2D eigenvalue weighted by molar-refractivity contribution is 0.102. The third-order valence-corrected chi connectivity index (χ3v) is 9.22. The van der Waals surface area contributed by atoms with Gasteiger partial charge in [-0.1, -0.05) is 38.3 Å². The van der Waals surface area contributed by atoms with E-state index < -0.39 is 15.1 Å². The van der Waals surface area contributed by atoms with Gasteiger partial charge in [0.1, 0.15) is 0 Å². The summed E-state index contributed by atoms with van der Waals surface area (Å²) in [5.74, 6) is -0.373. The third kappa shape index (κ3) is 4.31. The number of nitrogens with one attached hydrogen (secondary N) is 1. The first kappa shape index (κ1) is 24.3. The van der Waals surface area contributed by atoms with Crippen LogP contribution in [0.5, 0.6) is 0 Å². The molecule has 0 radical (unpaired) electrons. The molecule has 1 amide bonds. The van der Waals surface area contributed by atoms with Crippen LogP contribution in [-0.4, -0.2) is 28.7 Å². The van der Waals surface area contributed by atoms with E-state index in [1.54, 1.807) is 33.4 Å². The molecule has 0 saturated heterocycles. The van der Waals surface area contributed by atoms with E-state index in [2.05, 4.69) is 5.32 Å². The van der Waals surface area contributed by atoms with E-state index in [0.29, 0.717) is 42.5 Å². The molecule has 0 atom stereocenters. The van der Waals surface area contributed by atoms with Gasteiger partial charge in [-0.3, -0.25) is 13.9 Å². The van der Waals surface area contributed by atoms with E-state index in [1.807, 2.05) is 32.9 Å². The maximum atomic E-state index is 13.8. The smallest absolute Gasteiger partial charge is 0.321 e. The lowest BCUT2D eigenvalue weighted by Crippen LogP contribution is -2.25.